The number of nitrogens with one attached hydrogen (secondary N) is 1. The molecule has 2 atom stereocenters. The number of carbonyl (C=O) groups is 1. The highest BCUT2D eigenvalue weighted by Crippen LogP contribution is 2.51. The quantitative estimate of drug-likeness (QED) is 0.356. The molecule has 3 aromatic carbocycles. The number of hydrogen-bond acceptors (Lipinski definition) is 3. The maximum atomic E-state index is 13.5. The molecule has 1 N–H and O–H groups in total. The molecule has 32 heavy (non-hydrogen) atoms. The van der Waals surface area contributed by atoms with Crippen LogP contribution < -0.4 is 5.32 Å². The Kier molecular flexibility index (Phi) is 5.46. The predicted octanol–water partition coefficient (Wildman–Crippen LogP) is 6.65. The number of aromatic nitrogens is 1. The van der Waals surface area contributed by atoms with Crippen molar-refractivity contribution in [3.63, 3.8) is 0 Å². The monoisotopic (exact) mass is 436 g/mol. The molecule has 0 aliphatic heterocycles. The van der Waals surface area contributed by atoms with E-state index in [1.165, 1.54) is 28.0 Å². The summed E-state index contributed by atoms with van der Waals surface area (Å²) in [6.07, 6.45) is 6.68. The number of fused-ring (bicyclic) bond motifs is 1. The highest BCUT2D eigenvalue weighted by Gasteiger charge is 2.48. The first-order chi connectivity index (χ1) is 15.6. The number of thiazole rings is 1. The maximum Gasteiger partial charge on any atom is 0.233 e. The van der Waals surface area contributed by atoms with E-state index in [2.05, 4.69) is 71.8 Å². The fraction of sp³-hybridized carbons (Fsp3) is 0.143. The molecule has 0 radical (unpaired) electrons. The molecule has 0 unspecified atom stereocenters. The zero-order chi connectivity index (χ0) is 22.0. The van der Waals surface area contributed by atoms with Crippen LogP contribution in [0.15, 0.2) is 90.4 Å². The summed E-state index contributed by atoms with van der Waals surface area (Å²) in [5.74, 6) is -0.0115. The standard InChI is InChI=1S/C28H24N2OS/c1-28(26(31)30-27-29-16-17-32-27)19-23-15-14-21(13-12-20-8-4-2-5-9-20)18-24(23)25(28)22-10-6-3-7-11-22/h2-18,25H,19H2,1H3,(H,29,30,31)/b13-12+/t25-,28+/m0/s1. The molecular weight excluding hydrogens is 412 g/mol. The highest BCUT2D eigenvalue weighted by atomic mass is 32.1. The fourth-order valence-corrected chi connectivity index (χ4v) is 5.20. The third-order valence-electron chi connectivity index (χ3n) is 6.25. The Morgan fingerprint density at radius 1 is 1.00 bits per heavy atom. The summed E-state index contributed by atoms with van der Waals surface area (Å²) in [6, 6.07) is 27.2. The third-order valence-corrected chi connectivity index (χ3v) is 6.94. The summed E-state index contributed by atoms with van der Waals surface area (Å²) in [5.41, 5.74) is 5.32. The maximum absolute atomic E-state index is 13.5. The van der Waals surface area contributed by atoms with Gasteiger partial charge in [0.15, 0.2) is 5.13 Å². The van der Waals surface area contributed by atoms with Crippen LogP contribution in [-0.4, -0.2) is 10.9 Å². The third kappa shape index (κ3) is 3.90. The van der Waals surface area contributed by atoms with E-state index < -0.39 is 5.41 Å². The van der Waals surface area contributed by atoms with Gasteiger partial charge in [-0.2, -0.15) is 0 Å². The highest BCUT2D eigenvalue weighted by molar-refractivity contribution is 7.13. The van der Waals surface area contributed by atoms with Crippen LogP contribution in [0.2, 0.25) is 0 Å². The van der Waals surface area contributed by atoms with E-state index in [4.69, 9.17) is 0 Å². The Bertz CT molecular complexity index is 1250. The van der Waals surface area contributed by atoms with E-state index in [0.717, 1.165) is 11.1 Å². The lowest BCUT2D eigenvalue weighted by Crippen LogP contribution is -2.37. The van der Waals surface area contributed by atoms with Crippen molar-refractivity contribution >= 4 is 34.5 Å². The molecular formula is C28H24N2OS. The normalized spacial score (nSPS) is 19.7. The van der Waals surface area contributed by atoms with Crippen LogP contribution in [0.5, 0.6) is 0 Å². The summed E-state index contributed by atoms with van der Waals surface area (Å²) < 4.78 is 0. The molecule has 3 nitrogen and oxygen atoms in total. The van der Waals surface area contributed by atoms with E-state index in [-0.39, 0.29) is 11.8 Å². The van der Waals surface area contributed by atoms with Gasteiger partial charge in [-0.15, -0.1) is 11.3 Å². The predicted molar refractivity (Wildman–Crippen MR) is 133 cm³/mol. The van der Waals surface area contributed by atoms with E-state index >= 15 is 0 Å². The first kappa shape index (κ1) is 20.4. The summed E-state index contributed by atoms with van der Waals surface area (Å²) in [5, 5.41) is 5.58. The second kappa shape index (κ2) is 8.56. The molecule has 0 saturated heterocycles. The lowest BCUT2D eigenvalue weighted by atomic mass is 9.73. The van der Waals surface area contributed by atoms with Crippen molar-refractivity contribution in [3.8, 4) is 0 Å². The summed E-state index contributed by atoms with van der Waals surface area (Å²) in [4.78, 5) is 17.8. The van der Waals surface area contributed by atoms with Crippen LogP contribution in [-0.2, 0) is 11.2 Å². The summed E-state index contributed by atoms with van der Waals surface area (Å²) in [6.45, 7) is 2.08. The van der Waals surface area contributed by atoms with Gasteiger partial charge in [0.1, 0.15) is 0 Å². The largest absolute Gasteiger partial charge is 0.301 e. The molecule has 0 fully saturated rings. The summed E-state index contributed by atoms with van der Waals surface area (Å²) in [7, 11) is 0. The van der Waals surface area contributed by atoms with E-state index in [9.17, 15) is 4.79 Å². The molecule has 1 aliphatic carbocycles. The number of carbonyl (C=O) groups excluding carboxylic acids is 1. The van der Waals surface area contributed by atoms with Crippen LogP contribution in [0.3, 0.4) is 0 Å². The number of amides is 1. The van der Waals surface area contributed by atoms with Crippen molar-refractivity contribution < 1.29 is 4.79 Å². The SMILES string of the molecule is C[C@@]1(C(=O)Nc2nccs2)Cc2ccc(/C=C/c3ccccc3)cc2[C@@H]1c1ccccc1. The molecule has 0 saturated carbocycles. The van der Waals surface area contributed by atoms with Gasteiger partial charge in [0.2, 0.25) is 5.91 Å². The molecule has 1 aliphatic rings. The van der Waals surface area contributed by atoms with Gasteiger partial charge < -0.3 is 5.32 Å². The van der Waals surface area contributed by atoms with Gasteiger partial charge in [-0.25, -0.2) is 4.98 Å². The van der Waals surface area contributed by atoms with Gasteiger partial charge in [0, 0.05) is 17.5 Å². The molecule has 158 valence electrons. The van der Waals surface area contributed by atoms with Crippen molar-refractivity contribution in [3.05, 3.63) is 118 Å². The van der Waals surface area contributed by atoms with E-state index in [0.29, 0.717) is 11.6 Å². The van der Waals surface area contributed by atoms with Crippen LogP contribution >= 0.6 is 11.3 Å². The minimum Gasteiger partial charge on any atom is -0.301 e. The first-order valence-corrected chi connectivity index (χ1v) is 11.6. The topological polar surface area (TPSA) is 42.0 Å². The molecule has 1 aromatic heterocycles. The number of benzene rings is 3. The van der Waals surface area contributed by atoms with Gasteiger partial charge in [-0.1, -0.05) is 91.0 Å². The second-order valence-electron chi connectivity index (χ2n) is 8.43. The van der Waals surface area contributed by atoms with Gasteiger partial charge in [0.05, 0.1) is 5.41 Å². The fourth-order valence-electron chi connectivity index (χ4n) is 4.67. The molecule has 4 heteroatoms. The lowest BCUT2D eigenvalue weighted by Gasteiger charge is -2.31. The Morgan fingerprint density at radius 2 is 1.72 bits per heavy atom. The van der Waals surface area contributed by atoms with Crippen molar-refractivity contribution in [2.75, 3.05) is 5.32 Å². The van der Waals surface area contributed by atoms with E-state index in [1.54, 1.807) is 6.20 Å². The van der Waals surface area contributed by atoms with Crippen LogP contribution in [0.4, 0.5) is 5.13 Å². The first-order valence-electron chi connectivity index (χ1n) is 10.8. The summed E-state index contributed by atoms with van der Waals surface area (Å²) >= 11 is 1.44. The zero-order valence-electron chi connectivity index (χ0n) is 17.9. The average Bonchev–Trinajstić information content (AvgIpc) is 3.44. The van der Waals surface area contributed by atoms with Gasteiger partial charge >= 0.3 is 0 Å². The molecule has 4 aromatic rings. The zero-order valence-corrected chi connectivity index (χ0v) is 18.7. The minimum absolute atomic E-state index is 0.0129. The molecule has 5 rings (SSSR count). The lowest BCUT2D eigenvalue weighted by molar-refractivity contribution is -0.125. The number of anilines is 1. The Hall–Kier alpha value is -3.50. The Morgan fingerprint density at radius 3 is 2.44 bits per heavy atom. The van der Waals surface area contributed by atoms with Gasteiger partial charge in [0.25, 0.3) is 0 Å². The van der Waals surface area contributed by atoms with Crippen LogP contribution in [0.25, 0.3) is 12.2 Å². The second-order valence-corrected chi connectivity index (χ2v) is 9.33. The molecule has 1 heterocycles. The van der Waals surface area contributed by atoms with Crippen LogP contribution in [0.1, 0.15) is 40.7 Å². The smallest absolute Gasteiger partial charge is 0.233 e. The van der Waals surface area contributed by atoms with Gasteiger partial charge in [-0.3, -0.25) is 4.79 Å². The molecule has 0 bridgehead atoms. The van der Waals surface area contributed by atoms with E-state index in [1.807, 2.05) is 41.8 Å². The minimum atomic E-state index is -0.600. The molecule has 1 amide bonds. The van der Waals surface area contributed by atoms with Gasteiger partial charge in [-0.05, 0) is 41.2 Å². The van der Waals surface area contributed by atoms with Crippen LogP contribution in [0, 0.1) is 5.41 Å². The van der Waals surface area contributed by atoms with Crippen molar-refractivity contribution in [2.45, 2.75) is 19.3 Å². The van der Waals surface area contributed by atoms with Crippen molar-refractivity contribution in [1.29, 1.82) is 0 Å². The van der Waals surface area contributed by atoms with Crippen molar-refractivity contribution in [2.24, 2.45) is 5.41 Å². The van der Waals surface area contributed by atoms with Crippen molar-refractivity contribution in [1.82, 2.24) is 4.98 Å². The average molecular weight is 437 g/mol. The molecule has 0 spiro atoms. The Labute approximate surface area is 192 Å². The number of hydrogen-bond donors (Lipinski definition) is 1. The Balaban J connectivity index is 1.53. The number of nitrogens with zero attached hydrogens (tertiary/aromatic N) is 1. The number of rotatable bonds is 5.